The molecular weight excluding hydrogens is 232 g/mol. The lowest BCUT2D eigenvalue weighted by Gasteiger charge is -2.01. The van der Waals surface area contributed by atoms with Gasteiger partial charge in [-0.15, -0.1) is 11.3 Å². The third-order valence-corrected chi connectivity index (χ3v) is 3.50. The van der Waals surface area contributed by atoms with Crippen LogP contribution in [0.15, 0.2) is 17.6 Å². The van der Waals surface area contributed by atoms with E-state index < -0.39 is 0 Å². The second-order valence-electron chi connectivity index (χ2n) is 3.23. The summed E-state index contributed by atoms with van der Waals surface area (Å²) in [5.41, 5.74) is 1.46. The van der Waals surface area contributed by atoms with Crippen LogP contribution in [0, 0.1) is 6.92 Å². The van der Waals surface area contributed by atoms with E-state index in [1.165, 1.54) is 11.3 Å². The minimum Gasteiger partial charge on any atom is -0.286 e. The largest absolute Gasteiger partial charge is 0.286 e. The maximum absolute atomic E-state index is 12.1. The maximum Gasteiger partial charge on any atom is 0.222 e. The van der Waals surface area contributed by atoms with Gasteiger partial charge in [0.1, 0.15) is 5.69 Å². The summed E-state index contributed by atoms with van der Waals surface area (Å²) in [7, 11) is 1.75. The lowest BCUT2D eigenvalue weighted by atomic mass is 10.2. The summed E-state index contributed by atoms with van der Waals surface area (Å²) in [6.07, 6.45) is 1.68. The highest BCUT2D eigenvalue weighted by atomic mass is 35.5. The first-order chi connectivity index (χ1) is 7.11. The van der Waals surface area contributed by atoms with Crippen molar-refractivity contribution in [2.24, 2.45) is 7.05 Å². The normalized spacial score (nSPS) is 10.6. The second kappa shape index (κ2) is 3.79. The Kier molecular flexibility index (Phi) is 2.63. The Labute approximate surface area is 96.3 Å². The number of rotatable bonds is 2. The fourth-order valence-electron chi connectivity index (χ4n) is 1.44. The van der Waals surface area contributed by atoms with E-state index in [0.717, 1.165) is 5.56 Å². The quantitative estimate of drug-likeness (QED) is 0.757. The minimum absolute atomic E-state index is 0.0625. The molecule has 0 aromatic carbocycles. The smallest absolute Gasteiger partial charge is 0.222 e. The predicted molar refractivity (Wildman–Crippen MR) is 60.7 cm³/mol. The summed E-state index contributed by atoms with van der Waals surface area (Å²) < 4.78 is 1.58. The van der Waals surface area contributed by atoms with E-state index in [9.17, 15) is 4.79 Å². The highest BCUT2D eigenvalue weighted by molar-refractivity contribution is 7.13. The van der Waals surface area contributed by atoms with E-state index in [0.29, 0.717) is 15.6 Å². The molecule has 0 aliphatic carbocycles. The molecule has 5 heteroatoms. The zero-order valence-corrected chi connectivity index (χ0v) is 9.89. The Morgan fingerprint density at radius 1 is 1.60 bits per heavy atom. The molecule has 78 valence electrons. The van der Waals surface area contributed by atoms with Crippen molar-refractivity contribution in [1.29, 1.82) is 0 Å². The summed E-state index contributed by atoms with van der Waals surface area (Å²) in [5.74, 6) is -0.0625. The van der Waals surface area contributed by atoms with E-state index in [4.69, 9.17) is 11.6 Å². The fourth-order valence-corrected chi connectivity index (χ4v) is 2.52. The van der Waals surface area contributed by atoms with Gasteiger partial charge in [-0.2, -0.15) is 5.10 Å². The van der Waals surface area contributed by atoms with Gasteiger partial charge in [0, 0.05) is 7.05 Å². The van der Waals surface area contributed by atoms with Crippen molar-refractivity contribution in [1.82, 2.24) is 9.78 Å². The average Bonchev–Trinajstić information content (AvgIpc) is 2.73. The lowest BCUT2D eigenvalue weighted by molar-refractivity contribution is 0.103. The van der Waals surface area contributed by atoms with Gasteiger partial charge in [-0.1, -0.05) is 11.6 Å². The Morgan fingerprint density at radius 3 is 2.80 bits per heavy atom. The molecule has 3 nitrogen and oxygen atoms in total. The van der Waals surface area contributed by atoms with E-state index in [1.807, 2.05) is 6.92 Å². The first kappa shape index (κ1) is 10.4. The molecule has 0 saturated heterocycles. The summed E-state index contributed by atoms with van der Waals surface area (Å²) >= 11 is 7.27. The Morgan fingerprint density at radius 2 is 2.33 bits per heavy atom. The molecule has 0 bridgehead atoms. The van der Waals surface area contributed by atoms with Gasteiger partial charge in [-0.25, -0.2) is 0 Å². The zero-order valence-electron chi connectivity index (χ0n) is 8.32. The molecular formula is C10H9ClN2OS. The molecule has 0 fully saturated rings. The van der Waals surface area contributed by atoms with Gasteiger partial charge in [0.2, 0.25) is 5.78 Å². The van der Waals surface area contributed by atoms with Crippen LogP contribution in [0.3, 0.4) is 0 Å². The third-order valence-electron chi connectivity index (χ3n) is 2.16. The van der Waals surface area contributed by atoms with Crippen LogP contribution in [-0.2, 0) is 7.05 Å². The monoisotopic (exact) mass is 240 g/mol. The van der Waals surface area contributed by atoms with Crippen LogP contribution in [0.25, 0.3) is 0 Å². The average molecular weight is 241 g/mol. The van der Waals surface area contributed by atoms with Crippen LogP contribution in [0.2, 0.25) is 5.02 Å². The molecule has 2 heterocycles. The Hall–Kier alpha value is -1.13. The minimum atomic E-state index is -0.0625. The SMILES string of the molecule is Cc1cnn(C)c1C(=O)c1sccc1Cl. The van der Waals surface area contributed by atoms with Crippen molar-refractivity contribution < 1.29 is 4.79 Å². The van der Waals surface area contributed by atoms with Crippen LogP contribution in [-0.4, -0.2) is 15.6 Å². The molecule has 0 saturated carbocycles. The van der Waals surface area contributed by atoms with Gasteiger partial charge in [0.05, 0.1) is 16.1 Å². The molecule has 2 rings (SSSR count). The van der Waals surface area contributed by atoms with Crippen molar-refractivity contribution in [3.8, 4) is 0 Å². The number of ketones is 1. The van der Waals surface area contributed by atoms with E-state index in [1.54, 1.807) is 29.4 Å². The third kappa shape index (κ3) is 1.70. The molecule has 15 heavy (non-hydrogen) atoms. The molecule has 2 aromatic heterocycles. The molecule has 0 amide bonds. The van der Waals surface area contributed by atoms with Crippen LogP contribution in [0.5, 0.6) is 0 Å². The molecule has 0 spiro atoms. The number of carbonyl (C=O) groups excluding carboxylic acids is 1. The topological polar surface area (TPSA) is 34.9 Å². The zero-order chi connectivity index (χ0) is 11.0. The van der Waals surface area contributed by atoms with Crippen molar-refractivity contribution in [3.05, 3.63) is 38.8 Å². The fraction of sp³-hybridized carbons (Fsp3) is 0.200. The maximum atomic E-state index is 12.1. The van der Waals surface area contributed by atoms with Crippen LogP contribution in [0.1, 0.15) is 20.9 Å². The number of aryl methyl sites for hydroxylation is 2. The van der Waals surface area contributed by atoms with Gasteiger partial charge >= 0.3 is 0 Å². The Bertz CT molecular complexity index is 496. The van der Waals surface area contributed by atoms with Crippen LogP contribution in [0.4, 0.5) is 0 Å². The van der Waals surface area contributed by atoms with E-state index in [2.05, 4.69) is 5.10 Å². The van der Waals surface area contributed by atoms with Gasteiger partial charge < -0.3 is 0 Å². The standard InChI is InChI=1S/C10H9ClN2OS/c1-6-5-12-13(2)8(6)9(14)10-7(11)3-4-15-10/h3-5H,1-2H3. The summed E-state index contributed by atoms with van der Waals surface area (Å²) in [6, 6.07) is 1.73. The number of aromatic nitrogens is 2. The number of nitrogens with zero attached hydrogens (tertiary/aromatic N) is 2. The number of thiophene rings is 1. The number of hydrogen-bond donors (Lipinski definition) is 0. The lowest BCUT2D eigenvalue weighted by Crippen LogP contribution is -2.08. The van der Waals surface area contributed by atoms with Crippen molar-refractivity contribution in [2.75, 3.05) is 0 Å². The molecule has 0 unspecified atom stereocenters. The summed E-state index contributed by atoms with van der Waals surface area (Å²) in [6.45, 7) is 1.86. The van der Waals surface area contributed by atoms with Crippen molar-refractivity contribution >= 4 is 28.7 Å². The Balaban J connectivity index is 2.50. The van der Waals surface area contributed by atoms with Crippen LogP contribution >= 0.6 is 22.9 Å². The molecule has 0 atom stereocenters. The predicted octanol–water partition coefficient (Wildman–Crippen LogP) is 2.67. The van der Waals surface area contributed by atoms with Gasteiger partial charge in [-0.05, 0) is 23.9 Å². The van der Waals surface area contributed by atoms with Crippen molar-refractivity contribution in [2.45, 2.75) is 6.92 Å². The van der Waals surface area contributed by atoms with Gasteiger partial charge in [-0.3, -0.25) is 9.48 Å². The van der Waals surface area contributed by atoms with E-state index in [-0.39, 0.29) is 5.78 Å². The molecule has 0 N–H and O–H groups in total. The van der Waals surface area contributed by atoms with Gasteiger partial charge in [0.25, 0.3) is 0 Å². The molecule has 0 aliphatic rings. The molecule has 0 aliphatic heterocycles. The van der Waals surface area contributed by atoms with E-state index >= 15 is 0 Å². The number of hydrogen-bond acceptors (Lipinski definition) is 3. The van der Waals surface area contributed by atoms with Crippen LogP contribution < -0.4 is 0 Å². The first-order valence-corrected chi connectivity index (χ1v) is 5.63. The first-order valence-electron chi connectivity index (χ1n) is 4.37. The summed E-state index contributed by atoms with van der Waals surface area (Å²) in [5, 5.41) is 6.35. The van der Waals surface area contributed by atoms with Crippen molar-refractivity contribution in [3.63, 3.8) is 0 Å². The number of carbonyl (C=O) groups is 1. The van der Waals surface area contributed by atoms with Gasteiger partial charge in [0.15, 0.2) is 0 Å². The second-order valence-corrected chi connectivity index (χ2v) is 4.55. The molecule has 2 aromatic rings. The molecule has 0 radical (unpaired) electrons. The summed E-state index contributed by atoms with van der Waals surface area (Å²) in [4.78, 5) is 12.7. The highest BCUT2D eigenvalue weighted by Gasteiger charge is 2.19. The highest BCUT2D eigenvalue weighted by Crippen LogP contribution is 2.25. The number of halogens is 1.